The number of fused-ring (bicyclic) bond motifs is 1. The summed E-state index contributed by atoms with van der Waals surface area (Å²) in [4.78, 5) is 5.77. The summed E-state index contributed by atoms with van der Waals surface area (Å²) in [5, 5.41) is 4.94. The van der Waals surface area contributed by atoms with Crippen LogP contribution in [0.4, 0.5) is 0 Å². The van der Waals surface area contributed by atoms with Crippen LogP contribution in [0, 0.1) is 6.92 Å². The number of imidazole rings is 1. The Kier molecular flexibility index (Phi) is 3.59. The minimum atomic E-state index is 0.337. The van der Waals surface area contributed by atoms with Gasteiger partial charge in [-0.1, -0.05) is 18.2 Å². The van der Waals surface area contributed by atoms with Crippen molar-refractivity contribution in [1.29, 1.82) is 0 Å². The molecule has 1 atom stereocenters. The summed E-state index contributed by atoms with van der Waals surface area (Å²) < 4.78 is 3.42. The minimum absolute atomic E-state index is 0.337. The highest BCUT2D eigenvalue weighted by Crippen LogP contribution is 2.34. The number of hydrogen-bond donors (Lipinski definition) is 1. The van der Waals surface area contributed by atoms with E-state index in [-0.39, 0.29) is 0 Å². The minimum Gasteiger partial charge on any atom is -0.337 e. The highest BCUT2D eigenvalue weighted by Gasteiger charge is 2.14. The van der Waals surface area contributed by atoms with Gasteiger partial charge in [-0.2, -0.15) is 0 Å². The third kappa shape index (κ3) is 2.37. The van der Waals surface area contributed by atoms with Gasteiger partial charge in [-0.3, -0.25) is 0 Å². The number of aromatic nitrogens is 2. The monoisotopic (exact) mass is 285 g/mol. The van der Waals surface area contributed by atoms with E-state index in [9.17, 15) is 0 Å². The lowest BCUT2D eigenvalue weighted by Gasteiger charge is -2.13. The number of benzene rings is 1. The first-order valence-electron chi connectivity index (χ1n) is 6.84. The van der Waals surface area contributed by atoms with Gasteiger partial charge < -0.3 is 9.88 Å². The number of hydrogen-bond acceptors (Lipinski definition) is 3. The molecule has 0 aliphatic heterocycles. The van der Waals surface area contributed by atoms with E-state index in [0.29, 0.717) is 6.04 Å². The Morgan fingerprint density at radius 3 is 2.85 bits per heavy atom. The Morgan fingerprint density at radius 2 is 2.15 bits per heavy atom. The molecular formula is C16H19N3S. The Hall–Kier alpha value is -1.65. The molecule has 0 aliphatic carbocycles. The van der Waals surface area contributed by atoms with Crippen LogP contribution in [0.25, 0.3) is 10.1 Å². The average Bonchev–Trinajstić information content (AvgIpc) is 3.01. The smallest absolute Gasteiger partial charge is 0.122 e. The van der Waals surface area contributed by atoms with Gasteiger partial charge in [0.15, 0.2) is 0 Å². The molecule has 3 nitrogen and oxygen atoms in total. The third-order valence-electron chi connectivity index (χ3n) is 3.76. The standard InChI is InChI=1S/C16H19N3S/c1-11-13-6-4-5-7-14(13)20-16(11)12(2)18-10-15-17-8-9-19(15)3/h4-9,12,18H,10H2,1-3H3. The molecule has 0 saturated heterocycles. The molecule has 0 amide bonds. The van der Waals surface area contributed by atoms with Crippen molar-refractivity contribution in [3.05, 3.63) is 52.9 Å². The van der Waals surface area contributed by atoms with Crippen LogP contribution >= 0.6 is 11.3 Å². The quantitative estimate of drug-likeness (QED) is 0.790. The summed E-state index contributed by atoms with van der Waals surface area (Å²) in [6.45, 7) is 5.23. The number of rotatable bonds is 4. The molecule has 2 heterocycles. The van der Waals surface area contributed by atoms with Crippen molar-refractivity contribution in [2.75, 3.05) is 0 Å². The lowest BCUT2D eigenvalue weighted by atomic mass is 10.1. The maximum Gasteiger partial charge on any atom is 0.122 e. The first-order valence-corrected chi connectivity index (χ1v) is 7.66. The maximum absolute atomic E-state index is 4.35. The van der Waals surface area contributed by atoms with E-state index in [1.807, 2.05) is 30.8 Å². The van der Waals surface area contributed by atoms with Crippen molar-refractivity contribution in [3.63, 3.8) is 0 Å². The molecule has 0 spiro atoms. The first kappa shape index (κ1) is 13.3. The lowest BCUT2D eigenvalue weighted by Crippen LogP contribution is -2.19. The van der Waals surface area contributed by atoms with Crippen molar-refractivity contribution in [2.45, 2.75) is 26.4 Å². The van der Waals surface area contributed by atoms with E-state index in [1.165, 1.54) is 20.5 Å². The predicted molar refractivity (Wildman–Crippen MR) is 85.0 cm³/mol. The van der Waals surface area contributed by atoms with E-state index < -0.39 is 0 Å². The van der Waals surface area contributed by atoms with Gasteiger partial charge in [0, 0.05) is 35.1 Å². The van der Waals surface area contributed by atoms with Gasteiger partial charge in [-0.25, -0.2) is 4.98 Å². The van der Waals surface area contributed by atoms with Crippen molar-refractivity contribution < 1.29 is 0 Å². The number of nitrogens with one attached hydrogen (secondary N) is 1. The summed E-state index contributed by atoms with van der Waals surface area (Å²) in [5.74, 6) is 1.07. The predicted octanol–water partition coefficient (Wildman–Crippen LogP) is 3.79. The van der Waals surface area contributed by atoms with E-state index in [1.54, 1.807) is 0 Å². The number of nitrogens with zero attached hydrogens (tertiary/aromatic N) is 2. The zero-order valence-corrected chi connectivity index (χ0v) is 12.9. The third-order valence-corrected chi connectivity index (χ3v) is 5.22. The Bertz CT molecular complexity index is 726. The molecule has 20 heavy (non-hydrogen) atoms. The van der Waals surface area contributed by atoms with Crippen molar-refractivity contribution in [1.82, 2.24) is 14.9 Å². The molecule has 2 aromatic heterocycles. The zero-order valence-electron chi connectivity index (χ0n) is 12.1. The van der Waals surface area contributed by atoms with Gasteiger partial charge in [0.25, 0.3) is 0 Å². The van der Waals surface area contributed by atoms with Gasteiger partial charge in [0.1, 0.15) is 5.82 Å². The summed E-state index contributed by atoms with van der Waals surface area (Å²) in [7, 11) is 2.03. The fourth-order valence-electron chi connectivity index (χ4n) is 2.51. The van der Waals surface area contributed by atoms with E-state index in [4.69, 9.17) is 0 Å². The normalized spacial score (nSPS) is 12.9. The summed E-state index contributed by atoms with van der Waals surface area (Å²) in [6, 6.07) is 8.95. The van der Waals surface area contributed by atoms with Gasteiger partial charge in [0.05, 0.1) is 6.54 Å². The molecule has 1 aromatic carbocycles. The molecule has 104 valence electrons. The topological polar surface area (TPSA) is 29.9 Å². The van der Waals surface area contributed by atoms with Crippen molar-refractivity contribution in [3.8, 4) is 0 Å². The molecule has 1 N–H and O–H groups in total. The van der Waals surface area contributed by atoms with Crippen molar-refractivity contribution >= 4 is 21.4 Å². The van der Waals surface area contributed by atoms with Crippen LogP contribution in [0.3, 0.4) is 0 Å². The second-order valence-electron chi connectivity index (χ2n) is 5.14. The van der Waals surface area contributed by atoms with Crippen LogP contribution in [0.1, 0.15) is 29.2 Å². The fraction of sp³-hybridized carbons (Fsp3) is 0.312. The van der Waals surface area contributed by atoms with Crippen LogP contribution in [-0.2, 0) is 13.6 Å². The second kappa shape index (κ2) is 5.38. The Labute approximate surface area is 123 Å². The molecule has 1 unspecified atom stereocenters. The highest BCUT2D eigenvalue weighted by molar-refractivity contribution is 7.19. The maximum atomic E-state index is 4.35. The Morgan fingerprint density at radius 1 is 1.35 bits per heavy atom. The van der Waals surface area contributed by atoms with Crippen LogP contribution in [-0.4, -0.2) is 9.55 Å². The summed E-state index contributed by atoms with van der Waals surface area (Å²) in [5.41, 5.74) is 1.39. The van der Waals surface area contributed by atoms with Crippen LogP contribution in [0.5, 0.6) is 0 Å². The van der Waals surface area contributed by atoms with Gasteiger partial charge >= 0.3 is 0 Å². The molecule has 4 heteroatoms. The van der Waals surface area contributed by atoms with E-state index in [0.717, 1.165) is 12.4 Å². The summed E-state index contributed by atoms with van der Waals surface area (Å²) in [6.07, 6.45) is 3.82. The van der Waals surface area contributed by atoms with E-state index >= 15 is 0 Å². The second-order valence-corrected chi connectivity index (χ2v) is 6.23. The molecular weight excluding hydrogens is 266 g/mol. The van der Waals surface area contributed by atoms with Gasteiger partial charge in [0.2, 0.25) is 0 Å². The molecule has 0 saturated carbocycles. The zero-order chi connectivity index (χ0) is 14.1. The molecule has 0 fully saturated rings. The van der Waals surface area contributed by atoms with Crippen LogP contribution in [0.2, 0.25) is 0 Å². The summed E-state index contributed by atoms with van der Waals surface area (Å²) >= 11 is 1.88. The first-order chi connectivity index (χ1) is 9.66. The van der Waals surface area contributed by atoms with Crippen LogP contribution < -0.4 is 5.32 Å². The number of aryl methyl sites for hydroxylation is 2. The van der Waals surface area contributed by atoms with Crippen molar-refractivity contribution in [2.24, 2.45) is 7.05 Å². The Balaban J connectivity index is 1.80. The average molecular weight is 285 g/mol. The van der Waals surface area contributed by atoms with E-state index in [2.05, 4.69) is 53.0 Å². The highest BCUT2D eigenvalue weighted by atomic mass is 32.1. The van der Waals surface area contributed by atoms with Gasteiger partial charge in [-0.15, -0.1) is 11.3 Å². The SMILES string of the molecule is Cc1c(C(C)NCc2nccn2C)sc2ccccc12. The molecule has 0 radical (unpaired) electrons. The lowest BCUT2D eigenvalue weighted by molar-refractivity contribution is 0.554. The molecule has 0 aliphatic rings. The largest absolute Gasteiger partial charge is 0.337 e. The molecule has 3 rings (SSSR count). The molecule has 3 aromatic rings. The van der Waals surface area contributed by atoms with Crippen LogP contribution in [0.15, 0.2) is 36.7 Å². The van der Waals surface area contributed by atoms with Gasteiger partial charge in [-0.05, 0) is 30.9 Å². The fourth-order valence-corrected chi connectivity index (χ4v) is 3.75. The number of thiophene rings is 1. The molecule has 0 bridgehead atoms.